The molecule has 0 aliphatic heterocycles. The Hall–Kier alpha value is -0.570. The predicted octanol–water partition coefficient (Wildman–Crippen LogP) is 0.806. The molecule has 1 amide bonds. The minimum Gasteiger partial charge on any atom is -0.346 e. The van der Waals surface area contributed by atoms with E-state index >= 15 is 0 Å². The van der Waals surface area contributed by atoms with Gasteiger partial charge in [0.25, 0.3) is 0 Å². The van der Waals surface area contributed by atoms with Crippen LogP contribution in [0.2, 0.25) is 0 Å². The molecule has 3 heteroatoms. The fourth-order valence-corrected chi connectivity index (χ4v) is 1.02. The lowest BCUT2D eigenvalue weighted by molar-refractivity contribution is -0.129. The minimum atomic E-state index is 0.230. The molecule has 0 N–H and O–H groups in total. The van der Waals surface area contributed by atoms with Crippen molar-refractivity contribution < 1.29 is 4.79 Å². The summed E-state index contributed by atoms with van der Waals surface area (Å²) in [7, 11) is 5.95. The average molecular weight is 172 g/mol. The maximum Gasteiger partial charge on any atom is 0.222 e. The third-order valence-corrected chi connectivity index (χ3v) is 1.83. The summed E-state index contributed by atoms with van der Waals surface area (Å²) in [4.78, 5) is 15.0. The van der Waals surface area contributed by atoms with Gasteiger partial charge in [-0.05, 0) is 27.1 Å². The van der Waals surface area contributed by atoms with Crippen LogP contribution < -0.4 is 0 Å². The summed E-state index contributed by atoms with van der Waals surface area (Å²) in [5.41, 5.74) is 0. The Balaban J connectivity index is 3.43. The van der Waals surface area contributed by atoms with Crippen LogP contribution in [0.25, 0.3) is 0 Å². The summed E-state index contributed by atoms with van der Waals surface area (Å²) >= 11 is 0. The quantitative estimate of drug-likeness (QED) is 0.612. The normalized spacial score (nSPS) is 10.4. The summed E-state index contributed by atoms with van der Waals surface area (Å²) in [5, 5.41) is 0. The van der Waals surface area contributed by atoms with E-state index in [1.165, 1.54) is 0 Å². The summed E-state index contributed by atoms with van der Waals surface area (Å²) < 4.78 is 0. The monoisotopic (exact) mass is 172 g/mol. The third kappa shape index (κ3) is 5.13. The van der Waals surface area contributed by atoms with Gasteiger partial charge in [-0.25, -0.2) is 0 Å². The van der Waals surface area contributed by atoms with Crippen LogP contribution in [-0.2, 0) is 4.79 Å². The van der Waals surface area contributed by atoms with E-state index in [0.29, 0.717) is 6.42 Å². The zero-order chi connectivity index (χ0) is 9.56. The van der Waals surface area contributed by atoms with Gasteiger partial charge in [0.2, 0.25) is 5.91 Å². The van der Waals surface area contributed by atoms with Crippen molar-refractivity contribution in [1.29, 1.82) is 0 Å². The number of carbonyl (C=O) groups is 1. The van der Waals surface area contributed by atoms with Gasteiger partial charge in [0.1, 0.15) is 0 Å². The lowest BCUT2D eigenvalue weighted by Gasteiger charge is -2.17. The van der Waals surface area contributed by atoms with Crippen LogP contribution in [0.4, 0.5) is 0 Å². The summed E-state index contributed by atoms with van der Waals surface area (Å²) in [6.07, 6.45) is 1.66. The third-order valence-electron chi connectivity index (χ3n) is 1.83. The van der Waals surface area contributed by atoms with E-state index in [-0.39, 0.29) is 5.91 Å². The first-order valence-electron chi connectivity index (χ1n) is 4.46. The summed E-state index contributed by atoms with van der Waals surface area (Å²) in [6, 6.07) is 0. The van der Waals surface area contributed by atoms with E-state index < -0.39 is 0 Å². The molecule has 0 bridgehead atoms. The van der Waals surface area contributed by atoms with E-state index in [1.807, 2.05) is 28.1 Å². The van der Waals surface area contributed by atoms with Crippen LogP contribution in [0, 0.1) is 0 Å². The van der Waals surface area contributed by atoms with Crippen molar-refractivity contribution in [2.45, 2.75) is 19.8 Å². The molecule has 0 heterocycles. The number of hydrogen-bond donors (Lipinski definition) is 0. The van der Waals surface area contributed by atoms with E-state index in [9.17, 15) is 4.79 Å². The number of rotatable bonds is 5. The van der Waals surface area contributed by atoms with E-state index in [0.717, 1.165) is 19.5 Å². The first-order valence-corrected chi connectivity index (χ1v) is 4.46. The molecule has 0 atom stereocenters. The molecular formula is C9H20N2O. The van der Waals surface area contributed by atoms with Crippen LogP contribution in [0.5, 0.6) is 0 Å². The molecule has 0 unspecified atom stereocenters. The summed E-state index contributed by atoms with van der Waals surface area (Å²) in [6.45, 7) is 3.80. The van der Waals surface area contributed by atoms with Crippen LogP contribution in [-0.4, -0.2) is 49.9 Å². The molecular weight excluding hydrogens is 152 g/mol. The second-order valence-corrected chi connectivity index (χ2v) is 3.33. The van der Waals surface area contributed by atoms with Crippen LogP contribution in [0.15, 0.2) is 0 Å². The Bertz CT molecular complexity index is 134. The van der Waals surface area contributed by atoms with Crippen molar-refractivity contribution in [2.75, 3.05) is 34.2 Å². The molecule has 0 saturated carbocycles. The highest BCUT2D eigenvalue weighted by Gasteiger charge is 2.04. The van der Waals surface area contributed by atoms with Crippen molar-refractivity contribution >= 4 is 5.91 Å². The standard InChI is InChI=1S/C9H20N2O/c1-5-9(12)11(4)8-6-7-10(2)3/h5-8H2,1-4H3. The van der Waals surface area contributed by atoms with Crippen LogP contribution in [0.1, 0.15) is 19.8 Å². The molecule has 0 aliphatic carbocycles. The molecule has 0 saturated heterocycles. The van der Waals surface area contributed by atoms with Gasteiger partial charge >= 0.3 is 0 Å². The predicted molar refractivity (Wildman–Crippen MR) is 51.1 cm³/mol. The molecule has 3 nitrogen and oxygen atoms in total. The second kappa shape index (κ2) is 6.00. The molecule has 0 aromatic carbocycles. The van der Waals surface area contributed by atoms with Crippen molar-refractivity contribution in [3.05, 3.63) is 0 Å². The largest absolute Gasteiger partial charge is 0.346 e. The highest BCUT2D eigenvalue weighted by atomic mass is 16.2. The van der Waals surface area contributed by atoms with Gasteiger partial charge in [-0.15, -0.1) is 0 Å². The molecule has 12 heavy (non-hydrogen) atoms. The van der Waals surface area contributed by atoms with Gasteiger partial charge in [0, 0.05) is 20.0 Å². The van der Waals surface area contributed by atoms with Gasteiger partial charge in [0.15, 0.2) is 0 Å². The van der Waals surface area contributed by atoms with E-state index in [4.69, 9.17) is 0 Å². The Kier molecular flexibility index (Phi) is 5.72. The Labute approximate surface area is 75.3 Å². The molecule has 0 rings (SSSR count). The van der Waals surface area contributed by atoms with Gasteiger partial charge in [0.05, 0.1) is 0 Å². The fourth-order valence-electron chi connectivity index (χ4n) is 1.02. The zero-order valence-corrected chi connectivity index (χ0v) is 8.63. The smallest absolute Gasteiger partial charge is 0.222 e. The van der Waals surface area contributed by atoms with Gasteiger partial charge in [-0.3, -0.25) is 4.79 Å². The minimum absolute atomic E-state index is 0.230. The van der Waals surface area contributed by atoms with Gasteiger partial charge in [-0.1, -0.05) is 6.92 Å². The number of hydrogen-bond acceptors (Lipinski definition) is 2. The van der Waals surface area contributed by atoms with Crippen molar-refractivity contribution in [3.63, 3.8) is 0 Å². The first kappa shape index (κ1) is 11.4. The molecule has 0 aliphatic rings. The maximum atomic E-state index is 11.1. The molecule has 0 radical (unpaired) electrons. The van der Waals surface area contributed by atoms with E-state index in [2.05, 4.69) is 4.90 Å². The fraction of sp³-hybridized carbons (Fsp3) is 0.889. The first-order chi connectivity index (χ1) is 5.57. The second-order valence-electron chi connectivity index (χ2n) is 3.33. The summed E-state index contributed by atoms with van der Waals surface area (Å²) in [5.74, 6) is 0.230. The molecule has 0 spiro atoms. The number of carbonyl (C=O) groups excluding carboxylic acids is 1. The van der Waals surface area contributed by atoms with E-state index in [1.54, 1.807) is 4.90 Å². The molecule has 0 aromatic heterocycles. The molecule has 72 valence electrons. The van der Waals surface area contributed by atoms with Crippen LogP contribution >= 0.6 is 0 Å². The Morgan fingerprint density at radius 3 is 2.17 bits per heavy atom. The topological polar surface area (TPSA) is 23.6 Å². The zero-order valence-electron chi connectivity index (χ0n) is 8.63. The Morgan fingerprint density at radius 2 is 1.75 bits per heavy atom. The lowest BCUT2D eigenvalue weighted by Crippen LogP contribution is -2.28. The Morgan fingerprint density at radius 1 is 1.17 bits per heavy atom. The van der Waals surface area contributed by atoms with Crippen molar-refractivity contribution in [1.82, 2.24) is 9.80 Å². The highest BCUT2D eigenvalue weighted by Crippen LogP contribution is 1.92. The molecule has 0 aromatic rings. The lowest BCUT2D eigenvalue weighted by atomic mass is 10.3. The van der Waals surface area contributed by atoms with Crippen molar-refractivity contribution in [2.24, 2.45) is 0 Å². The van der Waals surface area contributed by atoms with Gasteiger partial charge in [-0.2, -0.15) is 0 Å². The number of amides is 1. The SMILES string of the molecule is CCC(=O)N(C)CCCN(C)C. The molecule has 0 fully saturated rings. The average Bonchev–Trinajstić information content (AvgIpc) is 2.02. The van der Waals surface area contributed by atoms with Crippen LogP contribution in [0.3, 0.4) is 0 Å². The van der Waals surface area contributed by atoms with Crippen molar-refractivity contribution in [3.8, 4) is 0 Å². The number of nitrogens with zero attached hydrogens (tertiary/aromatic N) is 2. The van der Waals surface area contributed by atoms with Gasteiger partial charge < -0.3 is 9.80 Å². The maximum absolute atomic E-state index is 11.1. The highest BCUT2D eigenvalue weighted by molar-refractivity contribution is 5.75.